The first-order valence-electron chi connectivity index (χ1n) is 6.68. The van der Waals surface area contributed by atoms with Crippen LogP contribution in [0.2, 0.25) is 0 Å². The van der Waals surface area contributed by atoms with Crippen molar-refractivity contribution in [2.75, 3.05) is 7.05 Å². The topological polar surface area (TPSA) is 72.2 Å². The van der Waals surface area contributed by atoms with Gasteiger partial charge in [0, 0.05) is 0 Å². The number of pyridine rings is 1. The van der Waals surface area contributed by atoms with Gasteiger partial charge in [0.1, 0.15) is 18.0 Å². The maximum atomic E-state index is 13.0. The minimum Gasteiger partial charge on any atom is -0.493 e. The molecule has 3 aromatic rings. The van der Waals surface area contributed by atoms with E-state index in [2.05, 4.69) is 14.8 Å². The molecule has 0 aliphatic carbocycles. The Morgan fingerprint density at radius 3 is 2.61 bits per heavy atom. The van der Waals surface area contributed by atoms with Crippen molar-refractivity contribution in [1.82, 2.24) is 19.5 Å². The van der Waals surface area contributed by atoms with E-state index in [1.54, 1.807) is 31.3 Å². The maximum Gasteiger partial charge on any atom is 0.223 e. The molecule has 3 rings (SSSR count). The zero-order valence-corrected chi connectivity index (χ0v) is 12.9. The fourth-order valence-corrected chi connectivity index (χ4v) is 2.26. The molecule has 1 aromatic carbocycles. The molecule has 0 unspecified atom stereocenters. The molecule has 0 spiro atoms. The van der Waals surface area contributed by atoms with Gasteiger partial charge >= 0.3 is 0 Å². The number of benzene rings is 1. The molecular weight excluding hydrogens is 319 g/mol. The lowest BCUT2D eigenvalue weighted by Crippen LogP contribution is -2.00. The fourth-order valence-electron chi connectivity index (χ4n) is 1.98. The molecule has 0 amide bonds. The summed E-state index contributed by atoms with van der Waals surface area (Å²) in [5.41, 5.74) is 1.17. The smallest absolute Gasteiger partial charge is 0.223 e. The Bertz CT molecular complexity index is 790. The van der Waals surface area contributed by atoms with Gasteiger partial charge in [-0.25, -0.2) is 14.1 Å². The second-order valence-electron chi connectivity index (χ2n) is 4.52. The highest BCUT2D eigenvalue weighted by atomic mass is 32.2. The number of hydrogen-bond donors (Lipinski definition) is 2. The van der Waals surface area contributed by atoms with Gasteiger partial charge in [-0.2, -0.15) is 9.78 Å². The summed E-state index contributed by atoms with van der Waals surface area (Å²) in [6.45, 7) is 0. The van der Waals surface area contributed by atoms with Gasteiger partial charge in [0.25, 0.3) is 0 Å². The summed E-state index contributed by atoms with van der Waals surface area (Å²) in [6, 6.07) is 9.20. The van der Waals surface area contributed by atoms with Gasteiger partial charge in [-0.05, 0) is 36.9 Å². The number of aromatic nitrogens is 3. The number of aromatic hydroxyl groups is 1. The molecule has 2 N–H and O–H groups in total. The van der Waals surface area contributed by atoms with Crippen molar-refractivity contribution in [3.63, 3.8) is 0 Å². The molecule has 6 nitrogen and oxygen atoms in total. The van der Waals surface area contributed by atoms with Crippen molar-refractivity contribution in [3.8, 4) is 28.6 Å². The number of hydrogen-bond acceptors (Lipinski definition) is 6. The van der Waals surface area contributed by atoms with Gasteiger partial charge in [0.15, 0.2) is 11.6 Å². The standard InChI is InChI=1S/C15H13FN4O2S/c1-17-23-22-12-6-7-14(18-8-12)20-15(21)13(9-19-20)10-2-4-11(16)5-3-10/h2-9,17,21H,1H3. The minimum atomic E-state index is -0.336. The van der Waals surface area contributed by atoms with E-state index in [-0.39, 0.29) is 11.7 Å². The highest BCUT2D eigenvalue weighted by molar-refractivity contribution is 7.93. The molecular formula is C15H13FN4O2S. The monoisotopic (exact) mass is 332 g/mol. The van der Waals surface area contributed by atoms with Crippen LogP contribution in [-0.2, 0) is 0 Å². The number of nitrogens with zero attached hydrogens (tertiary/aromatic N) is 3. The highest BCUT2D eigenvalue weighted by Gasteiger charge is 2.14. The van der Waals surface area contributed by atoms with E-state index in [0.29, 0.717) is 22.7 Å². The predicted molar refractivity (Wildman–Crippen MR) is 85.7 cm³/mol. The first kappa shape index (κ1) is 15.3. The van der Waals surface area contributed by atoms with Crippen LogP contribution < -0.4 is 8.91 Å². The van der Waals surface area contributed by atoms with Gasteiger partial charge in [-0.1, -0.05) is 12.1 Å². The Morgan fingerprint density at radius 2 is 1.96 bits per heavy atom. The zero-order chi connectivity index (χ0) is 16.2. The van der Waals surface area contributed by atoms with Crippen LogP contribution in [0.1, 0.15) is 0 Å². The average Bonchev–Trinajstić information content (AvgIpc) is 2.96. The van der Waals surface area contributed by atoms with Gasteiger partial charge < -0.3 is 9.29 Å². The second-order valence-corrected chi connectivity index (χ2v) is 5.27. The van der Waals surface area contributed by atoms with Crippen LogP contribution in [0.15, 0.2) is 48.8 Å². The van der Waals surface area contributed by atoms with Gasteiger partial charge in [-0.15, -0.1) is 0 Å². The van der Waals surface area contributed by atoms with Crippen molar-refractivity contribution in [1.29, 1.82) is 0 Å². The molecule has 0 aliphatic rings. The fraction of sp³-hybridized carbons (Fsp3) is 0.0667. The van der Waals surface area contributed by atoms with Gasteiger partial charge in [-0.3, -0.25) is 0 Å². The maximum absolute atomic E-state index is 13.0. The van der Waals surface area contributed by atoms with E-state index in [9.17, 15) is 9.50 Å². The Kier molecular flexibility index (Phi) is 4.45. The van der Waals surface area contributed by atoms with Crippen LogP contribution in [-0.4, -0.2) is 26.9 Å². The Balaban J connectivity index is 1.88. The highest BCUT2D eigenvalue weighted by Crippen LogP contribution is 2.30. The van der Waals surface area contributed by atoms with Crippen LogP contribution in [0.4, 0.5) is 4.39 Å². The van der Waals surface area contributed by atoms with Crippen molar-refractivity contribution in [2.45, 2.75) is 0 Å². The van der Waals surface area contributed by atoms with E-state index in [1.807, 2.05) is 0 Å². The summed E-state index contributed by atoms with van der Waals surface area (Å²) in [5, 5.41) is 14.5. The molecule has 2 heterocycles. The zero-order valence-electron chi connectivity index (χ0n) is 12.1. The van der Waals surface area contributed by atoms with Crippen LogP contribution in [0.3, 0.4) is 0 Å². The summed E-state index contributed by atoms with van der Waals surface area (Å²) in [4.78, 5) is 4.20. The van der Waals surface area contributed by atoms with Crippen molar-refractivity contribution in [2.24, 2.45) is 0 Å². The molecule has 118 valence electrons. The molecule has 23 heavy (non-hydrogen) atoms. The van der Waals surface area contributed by atoms with Crippen molar-refractivity contribution >= 4 is 12.2 Å². The molecule has 0 fully saturated rings. The largest absolute Gasteiger partial charge is 0.493 e. The molecule has 0 bridgehead atoms. The van der Waals surface area contributed by atoms with E-state index < -0.39 is 0 Å². The van der Waals surface area contributed by atoms with Crippen LogP contribution in [0, 0.1) is 5.82 Å². The van der Waals surface area contributed by atoms with Crippen molar-refractivity contribution < 1.29 is 13.7 Å². The van der Waals surface area contributed by atoms with Crippen LogP contribution in [0.5, 0.6) is 11.6 Å². The van der Waals surface area contributed by atoms with Crippen LogP contribution >= 0.6 is 12.2 Å². The molecule has 8 heteroatoms. The lowest BCUT2D eigenvalue weighted by atomic mass is 10.1. The lowest BCUT2D eigenvalue weighted by molar-refractivity contribution is 0.433. The predicted octanol–water partition coefficient (Wildman–Crippen LogP) is 2.94. The summed E-state index contributed by atoms with van der Waals surface area (Å²) >= 11 is 1.08. The Labute approximate surface area is 136 Å². The average molecular weight is 332 g/mol. The summed E-state index contributed by atoms with van der Waals surface area (Å²) in [6.07, 6.45) is 3.03. The Morgan fingerprint density at radius 1 is 1.17 bits per heavy atom. The van der Waals surface area contributed by atoms with E-state index in [1.165, 1.54) is 29.2 Å². The van der Waals surface area contributed by atoms with Crippen molar-refractivity contribution in [3.05, 3.63) is 54.6 Å². The summed E-state index contributed by atoms with van der Waals surface area (Å²) in [5.74, 6) is 0.607. The minimum absolute atomic E-state index is 0.0672. The van der Waals surface area contributed by atoms with Gasteiger partial charge in [0.05, 0.1) is 18.0 Å². The lowest BCUT2D eigenvalue weighted by Gasteiger charge is -2.05. The quantitative estimate of drug-likeness (QED) is 0.553. The molecule has 0 radical (unpaired) electrons. The number of nitrogens with one attached hydrogen (secondary N) is 1. The molecule has 0 saturated carbocycles. The number of halogens is 1. The molecule has 0 atom stereocenters. The third kappa shape index (κ3) is 3.27. The first-order chi connectivity index (χ1) is 11.2. The third-order valence-electron chi connectivity index (χ3n) is 3.06. The SMILES string of the molecule is CNSOc1ccc(-n2ncc(-c3ccc(F)cc3)c2O)nc1. The normalized spacial score (nSPS) is 10.7. The summed E-state index contributed by atoms with van der Waals surface area (Å²) in [7, 11) is 1.74. The third-order valence-corrected chi connectivity index (χ3v) is 3.50. The first-order valence-corrected chi connectivity index (χ1v) is 7.43. The van der Waals surface area contributed by atoms with E-state index in [4.69, 9.17) is 4.18 Å². The second kappa shape index (κ2) is 6.67. The summed E-state index contributed by atoms with van der Waals surface area (Å²) < 4.78 is 22.3. The molecule has 0 saturated heterocycles. The number of rotatable bonds is 5. The van der Waals surface area contributed by atoms with E-state index >= 15 is 0 Å². The molecule has 0 aliphatic heterocycles. The Hall–Kier alpha value is -2.58. The van der Waals surface area contributed by atoms with Crippen LogP contribution in [0.25, 0.3) is 16.9 Å². The van der Waals surface area contributed by atoms with E-state index in [0.717, 1.165) is 12.2 Å². The van der Waals surface area contributed by atoms with Gasteiger partial charge in [0.2, 0.25) is 5.88 Å². The molecule has 2 aromatic heterocycles.